The van der Waals surface area contributed by atoms with Crippen LogP contribution in [0.4, 0.5) is 5.69 Å². The van der Waals surface area contributed by atoms with Gasteiger partial charge in [0.2, 0.25) is 5.91 Å². The molecule has 0 aromatic heterocycles. The van der Waals surface area contributed by atoms with Gasteiger partial charge in [0.15, 0.2) is 0 Å². The topological polar surface area (TPSA) is 58.6 Å². The fourth-order valence-electron chi connectivity index (χ4n) is 2.60. The molecule has 3 rings (SSSR count). The Balaban J connectivity index is 1.59. The zero-order chi connectivity index (χ0) is 18.4. The van der Waals surface area contributed by atoms with Gasteiger partial charge in [-0.3, -0.25) is 9.59 Å². The van der Waals surface area contributed by atoms with E-state index in [2.05, 4.69) is 5.32 Å². The summed E-state index contributed by atoms with van der Waals surface area (Å²) in [6, 6.07) is 14.1. The molecule has 1 aliphatic rings. The number of nitrogens with one attached hydrogen (secondary N) is 1. The summed E-state index contributed by atoms with van der Waals surface area (Å²) in [5.74, 6) is -0.290. The normalized spacial score (nSPS) is 14.4. The molecule has 6 heteroatoms. The van der Waals surface area contributed by atoms with E-state index < -0.39 is 0 Å². The van der Waals surface area contributed by atoms with E-state index in [9.17, 15) is 9.59 Å². The van der Waals surface area contributed by atoms with Crippen LogP contribution in [0.5, 0.6) is 0 Å². The van der Waals surface area contributed by atoms with E-state index in [4.69, 9.17) is 16.3 Å². The number of carbonyl (C=O) groups is 2. The lowest BCUT2D eigenvalue weighted by atomic mass is 10.1. The van der Waals surface area contributed by atoms with Gasteiger partial charge in [0.05, 0.1) is 13.2 Å². The van der Waals surface area contributed by atoms with Crippen molar-refractivity contribution >= 4 is 35.2 Å². The molecule has 2 amide bonds. The highest BCUT2D eigenvalue weighted by Gasteiger charge is 2.18. The van der Waals surface area contributed by atoms with Gasteiger partial charge in [-0.05, 0) is 42.0 Å². The predicted octanol–water partition coefficient (Wildman–Crippen LogP) is 3.46. The molecule has 2 aromatic carbocycles. The highest BCUT2D eigenvalue weighted by molar-refractivity contribution is 6.32. The summed E-state index contributed by atoms with van der Waals surface area (Å²) in [6.45, 7) is 2.34. The van der Waals surface area contributed by atoms with E-state index in [1.54, 1.807) is 41.3 Å². The number of carbonyl (C=O) groups excluding carboxylic acids is 2. The van der Waals surface area contributed by atoms with Crippen LogP contribution in [0.2, 0.25) is 5.02 Å². The standard InChI is InChI=1S/C20H19ClN2O3/c21-18-4-2-1-3-15(18)7-10-19(24)22-17-8-5-16(6-9-17)20(25)23-11-13-26-14-12-23/h1-10H,11-14H2,(H,22,24)/b10-7+. The molecule has 1 saturated heterocycles. The van der Waals surface area contributed by atoms with Crippen molar-refractivity contribution in [2.24, 2.45) is 0 Å². The van der Waals surface area contributed by atoms with E-state index in [-0.39, 0.29) is 11.8 Å². The van der Waals surface area contributed by atoms with Gasteiger partial charge in [0, 0.05) is 35.4 Å². The first-order valence-corrected chi connectivity index (χ1v) is 8.72. The smallest absolute Gasteiger partial charge is 0.254 e. The van der Waals surface area contributed by atoms with Crippen LogP contribution >= 0.6 is 11.6 Å². The number of rotatable bonds is 4. The van der Waals surface area contributed by atoms with Crippen LogP contribution in [0.15, 0.2) is 54.6 Å². The van der Waals surface area contributed by atoms with Crippen molar-refractivity contribution in [3.8, 4) is 0 Å². The average molecular weight is 371 g/mol. The van der Waals surface area contributed by atoms with Crippen molar-refractivity contribution < 1.29 is 14.3 Å². The number of benzene rings is 2. The third kappa shape index (κ3) is 4.71. The molecule has 0 aliphatic carbocycles. The van der Waals surface area contributed by atoms with Crippen molar-refractivity contribution in [1.29, 1.82) is 0 Å². The lowest BCUT2D eigenvalue weighted by molar-refractivity contribution is -0.111. The number of hydrogen-bond acceptors (Lipinski definition) is 3. The number of ether oxygens (including phenoxy) is 1. The minimum Gasteiger partial charge on any atom is -0.378 e. The van der Waals surface area contributed by atoms with Gasteiger partial charge in [-0.2, -0.15) is 0 Å². The quantitative estimate of drug-likeness (QED) is 0.838. The molecule has 1 aliphatic heterocycles. The second-order valence-corrected chi connectivity index (χ2v) is 6.23. The molecule has 26 heavy (non-hydrogen) atoms. The molecule has 1 N–H and O–H groups in total. The van der Waals surface area contributed by atoms with Gasteiger partial charge >= 0.3 is 0 Å². The summed E-state index contributed by atoms with van der Waals surface area (Å²) < 4.78 is 5.25. The maximum absolute atomic E-state index is 12.4. The van der Waals surface area contributed by atoms with E-state index in [1.807, 2.05) is 18.2 Å². The molecular formula is C20H19ClN2O3. The van der Waals surface area contributed by atoms with Crippen LogP contribution < -0.4 is 5.32 Å². The number of nitrogens with zero attached hydrogens (tertiary/aromatic N) is 1. The Hall–Kier alpha value is -2.63. The molecule has 134 valence electrons. The van der Waals surface area contributed by atoms with Crippen LogP contribution in [-0.2, 0) is 9.53 Å². The van der Waals surface area contributed by atoms with Crippen molar-refractivity contribution in [1.82, 2.24) is 4.90 Å². The second kappa shape index (κ2) is 8.65. The first kappa shape index (κ1) is 18.2. The van der Waals surface area contributed by atoms with Crippen molar-refractivity contribution in [3.63, 3.8) is 0 Å². The monoisotopic (exact) mass is 370 g/mol. The number of anilines is 1. The van der Waals surface area contributed by atoms with Crippen molar-refractivity contribution in [2.75, 3.05) is 31.6 Å². The Morgan fingerprint density at radius 3 is 2.42 bits per heavy atom. The molecule has 5 nitrogen and oxygen atoms in total. The molecule has 2 aromatic rings. The number of morpholine rings is 1. The Morgan fingerprint density at radius 1 is 1.04 bits per heavy atom. The Morgan fingerprint density at radius 2 is 1.73 bits per heavy atom. The molecule has 1 fully saturated rings. The fraction of sp³-hybridized carbons (Fsp3) is 0.200. The van der Waals surface area contributed by atoms with Gasteiger partial charge in [0.25, 0.3) is 5.91 Å². The average Bonchev–Trinajstić information content (AvgIpc) is 2.68. The summed E-state index contributed by atoms with van der Waals surface area (Å²) in [5, 5.41) is 3.35. The molecule has 0 bridgehead atoms. The Bertz CT molecular complexity index is 812. The number of hydrogen-bond donors (Lipinski definition) is 1. The molecule has 0 saturated carbocycles. The maximum atomic E-state index is 12.4. The zero-order valence-corrected chi connectivity index (χ0v) is 14.9. The van der Waals surface area contributed by atoms with E-state index in [0.29, 0.717) is 42.6 Å². The first-order chi connectivity index (χ1) is 12.6. The van der Waals surface area contributed by atoms with Crippen molar-refractivity contribution in [2.45, 2.75) is 0 Å². The lowest BCUT2D eigenvalue weighted by Crippen LogP contribution is -2.40. The molecule has 0 unspecified atom stereocenters. The molecule has 0 radical (unpaired) electrons. The Kier molecular flexibility index (Phi) is 6.04. The van der Waals surface area contributed by atoms with E-state index in [0.717, 1.165) is 5.56 Å². The van der Waals surface area contributed by atoms with Crippen LogP contribution in [-0.4, -0.2) is 43.0 Å². The van der Waals surface area contributed by atoms with Crippen LogP contribution in [0.1, 0.15) is 15.9 Å². The van der Waals surface area contributed by atoms with Gasteiger partial charge < -0.3 is 15.0 Å². The number of halogens is 1. The fourth-order valence-corrected chi connectivity index (χ4v) is 2.80. The summed E-state index contributed by atoms with van der Waals surface area (Å²) in [7, 11) is 0. The van der Waals surface area contributed by atoms with Crippen LogP contribution in [0.25, 0.3) is 6.08 Å². The van der Waals surface area contributed by atoms with E-state index in [1.165, 1.54) is 6.08 Å². The predicted molar refractivity (Wildman–Crippen MR) is 102 cm³/mol. The molecule has 1 heterocycles. The zero-order valence-electron chi connectivity index (χ0n) is 14.2. The third-order valence-corrected chi connectivity index (χ3v) is 4.36. The third-order valence-electron chi connectivity index (χ3n) is 4.02. The first-order valence-electron chi connectivity index (χ1n) is 8.34. The van der Waals surface area contributed by atoms with Crippen LogP contribution in [0.3, 0.4) is 0 Å². The van der Waals surface area contributed by atoms with Gasteiger partial charge in [-0.15, -0.1) is 0 Å². The highest BCUT2D eigenvalue weighted by atomic mass is 35.5. The Labute approximate surface area is 157 Å². The minimum absolute atomic E-state index is 0.0233. The number of amides is 2. The van der Waals surface area contributed by atoms with Crippen LogP contribution in [0, 0.1) is 0 Å². The molecule has 0 atom stereocenters. The van der Waals surface area contributed by atoms with Gasteiger partial charge in [-0.1, -0.05) is 29.8 Å². The summed E-state index contributed by atoms with van der Waals surface area (Å²) in [5.41, 5.74) is 1.99. The maximum Gasteiger partial charge on any atom is 0.254 e. The second-order valence-electron chi connectivity index (χ2n) is 5.83. The SMILES string of the molecule is O=C(/C=C/c1ccccc1Cl)Nc1ccc(C(=O)N2CCOCC2)cc1. The van der Waals surface area contributed by atoms with Crippen molar-refractivity contribution in [3.05, 3.63) is 70.8 Å². The van der Waals surface area contributed by atoms with Gasteiger partial charge in [-0.25, -0.2) is 0 Å². The molecule has 0 spiro atoms. The van der Waals surface area contributed by atoms with E-state index >= 15 is 0 Å². The highest BCUT2D eigenvalue weighted by Crippen LogP contribution is 2.17. The summed E-state index contributed by atoms with van der Waals surface area (Å²) >= 11 is 6.05. The largest absolute Gasteiger partial charge is 0.378 e. The molecular weight excluding hydrogens is 352 g/mol. The van der Waals surface area contributed by atoms with Gasteiger partial charge in [0.1, 0.15) is 0 Å². The lowest BCUT2D eigenvalue weighted by Gasteiger charge is -2.26. The summed E-state index contributed by atoms with van der Waals surface area (Å²) in [6.07, 6.45) is 3.09. The minimum atomic E-state index is -0.267. The summed E-state index contributed by atoms with van der Waals surface area (Å²) in [4.78, 5) is 26.2.